The van der Waals surface area contributed by atoms with Gasteiger partial charge >= 0.3 is 6.18 Å². The number of nitrogens with two attached hydrogens (primary N) is 1. The lowest BCUT2D eigenvalue weighted by Gasteiger charge is -2.51. The summed E-state index contributed by atoms with van der Waals surface area (Å²) >= 11 is 0. The van der Waals surface area contributed by atoms with E-state index in [0.717, 1.165) is 18.5 Å². The second-order valence-electron chi connectivity index (χ2n) is 7.82. The number of nitriles is 1. The average Bonchev–Trinajstić information content (AvgIpc) is 2.68. The zero-order valence-electron chi connectivity index (χ0n) is 16.4. The number of nitrogens with zero attached hydrogens (tertiary/aromatic N) is 3. The Morgan fingerprint density at radius 1 is 1.40 bits per heavy atom. The molecule has 30 heavy (non-hydrogen) atoms. The number of pyridine rings is 2. The molecule has 10 heteroatoms. The first kappa shape index (κ1) is 21.4. The molecule has 0 unspecified atom stereocenters. The van der Waals surface area contributed by atoms with E-state index in [0.29, 0.717) is 17.9 Å². The summed E-state index contributed by atoms with van der Waals surface area (Å²) in [5, 5.41) is 15.5. The summed E-state index contributed by atoms with van der Waals surface area (Å²) < 4.78 is 39.4. The van der Waals surface area contributed by atoms with E-state index in [1.165, 1.54) is 6.20 Å². The summed E-state index contributed by atoms with van der Waals surface area (Å²) in [6.45, 7) is 3.69. The van der Waals surface area contributed by atoms with Gasteiger partial charge in [-0.05, 0) is 17.9 Å². The molecule has 1 aliphatic carbocycles. The molecule has 2 aromatic rings. The van der Waals surface area contributed by atoms with Crippen molar-refractivity contribution in [2.75, 3.05) is 10.6 Å². The van der Waals surface area contributed by atoms with Crippen LogP contribution in [0.1, 0.15) is 37.0 Å². The third-order valence-corrected chi connectivity index (χ3v) is 5.63. The Morgan fingerprint density at radius 2 is 2.13 bits per heavy atom. The Bertz CT molecular complexity index is 999. The number of alkyl halides is 3. The lowest BCUT2D eigenvalue weighted by molar-refractivity contribution is -0.138. The molecule has 0 radical (unpaired) electrons. The number of aromatic nitrogens is 2. The molecular formula is C20H21F3N6O. The van der Waals surface area contributed by atoms with Crippen LogP contribution in [0.5, 0.6) is 0 Å². The number of primary amides is 1. The lowest BCUT2D eigenvalue weighted by Crippen LogP contribution is -2.57. The number of hydrogen-bond donors (Lipinski definition) is 3. The number of carbonyl (C=O) groups is 1. The first-order valence-electron chi connectivity index (χ1n) is 9.24. The van der Waals surface area contributed by atoms with Gasteiger partial charge in [0.05, 0.1) is 16.8 Å². The van der Waals surface area contributed by atoms with Crippen LogP contribution in [0.3, 0.4) is 0 Å². The molecule has 4 N–H and O–H groups in total. The van der Waals surface area contributed by atoms with Gasteiger partial charge in [0.1, 0.15) is 11.9 Å². The summed E-state index contributed by atoms with van der Waals surface area (Å²) in [6.07, 6.45) is -0.371. The number of nitrogens with one attached hydrogen (secondary N) is 2. The van der Waals surface area contributed by atoms with Crippen molar-refractivity contribution in [1.29, 1.82) is 5.26 Å². The van der Waals surface area contributed by atoms with Crippen molar-refractivity contribution in [2.45, 2.75) is 39.0 Å². The topological polar surface area (TPSA) is 117 Å². The zero-order valence-corrected chi connectivity index (χ0v) is 16.4. The molecule has 2 heterocycles. The maximum absolute atomic E-state index is 13.1. The van der Waals surface area contributed by atoms with Crippen LogP contribution in [-0.4, -0.2) is 21.9 Å². The van der Waals surface area contributed by atoms with Crippen LogP contribution in [0.2, 0.25) is 0 Å². The highest BCUT2D eigenvalue weighted by Crippen LogP contribution is 2.47. The molecule has 0 bridgehead atoms. The SMILES string of the molecule is CC1(C)[C@@H](Nc2cc(NCc3cnccc3C(F)(F)F)ncc2C#N)C[C@@H]1C(N)=O. The van der Waals surface area contributed by atoms with Gasteiger partial charge in [-0.15, -0.1) is 0 Å². The van der Waals surface area contributed by atoms with Gasteiger partial charge in [0.25, 0.3) is 0 Å². The number of hydrogen-bond acceptors (Lipinski definition) is 6. The molecular weight excluding hydrogens is 397 g/mol. The fraction of sp³-hybridized carbons (Fsp3) is 0.400. The maximum Gasteiger partial charge on any atom is 0.416 e. The second-order valence-corrected chi connectivity index (χ2v) is 7.82. The van der Waals surface area contributed by atoms with Crippen molar-refractivity contribution in [2.24, 2.45) is 17.1 Å². The third kappa shape index (κ3) is 4.15. The normalized spacial score (nSPS) is 20.0. The standard InChI is InChI=1S/C20H21F3N6O/c1-19(2)14(18(25)30)5-16(19)29-15-6-17(27-9-11(15)7-24)28-10-12-8-26-4-3-13(12)20(21,22)23/h3-4,6,8-9,14,16H,5,10H2,1-2H3,(H2,25,30)(H2,27,28,29)/t14-,16+/m1/s1. The number of carbonyl (C=O) groups excluding carboxylic acids is 1. The molecule has 1 amide bonds. The third-order valence-electron chi connectivity index (χ3n) is 5.63. The summed E-state index contributed by atoms with van der Waals surface area (Å²) in [7, 11) is 0. The van der Waals surface area contributed by atoms with Gasteiger partial charge in [0.15, 0.2) is 0 Å². The van der Waals surface area contributed by atoms with Gasteiger partial charge in [-0.1, -0.05) is 13.8 Å². The van der Waals surface area contributed by atoms with E-state index in [9.17, 15) is 23.2 Å². The molecule has 2 aromatic heterocycles. The first-order chi connectivity index (χ1) is 14.0. The van der Waals surface area contributed by atoms with Crippen LogP contribution in [0.15, 0.2) is 30.7 Å². The van der Waals surface area contributed by atoms with E-state index < -0.39 is 17.2 Å². The monoisotopic (exact) mass is 418 g/mol. The minimum Gasteiger partial charge on any atom is -0.380 e. The maximum atomic E-state index is 13.1. The van der Waals surface area contributed by atoms with Gasteiger partial charge in [0, 0.05) is 48.7 Å². The van der Waals surface area contributed by atoms with Crippen LogP contribution in [0, 0.1) is 22.7 Å². The van der Waals surface area contributed by atoms with Crippen molar-refractivity contribution in [3.63, 3.8) is 0 Å². The molecule has 1 fully saturated rings. The van der Waals surface area contributed by atoms with Gasteiger partial charge < -0.3 is 16.4 Å². The van der Waals surface area contributed by atoms with E-state index in [4.69, 9.17) is 5.73 Å². The average molecular weight is 418 g/mol. The number of rotatable bonds is 6. The smallest absolute Gasteiger partial charge is 0.380 e. The van der Waals surface area contributed by atoms with E-state index in [1.807, 2.05) is 19.9 Å². The van der Waals surface area contributed by atoms with Crippen LogP contribution in [-0.2, 0) is 17.5 Å². The van der Waals surface area contributed by atoms with Crippen LogP contribution in [0.25, 0.3) is 0 Å². The lowest BCUT2D eigenvalue weighted by atomic mass is 9.58. The molecule has 7 nitrogen and oxygen atoms in total. The summed E-state index contributed by atoms with van der Waals surface area (Å²) in [5.41, 5.74) is 5.01. The van der Waals surface area contributed by atoms with Gasteiger partial charge in [0.2, 0.25) is 5.91 Å². The van der Waals surface area contributed by atoms with Crippen LogP contribution in [0.4, 0.5) is 24.7 Å². The number of anilines is 2. The summed E-state index contributed by atoms with van der Waals surface area (Å²) in [6, 6.07) is 4.43. The van der Waals surface area contributed by atoms with Gasteiger partial charge in [-0.2, -0.15) is 18.4 Å². The van der Waals surface area contributed by atoms with E-state index in [-0.39, 0.29) is 35.5 Å². The molecule has 158 valence electrons. The van der Waals surface area contributed by atoms with Crippen LogP contribution >= 0.6 is 0 Å². The molecule has 1 saturated carbocycles. The Hall–Kier alpha value is -3.35. The number of amides is 1. The molecule has 0 aromatic carbocycles. The van der Waals surface area contributed by atoms with Crippen molar-refractivity contribution in [3.05, 3.63) is 47.4 Å². The van der Waals surface area contributed by atoms with Crippen LogP contribution < -0.4 is 16.4 Å². The van der Waals surface area contributed by atoms with Gasteiger partial charge in [-0.25, -0.2) is 4.98 Å². The van der Waals surface area contributed by atoms with E-state index >= 15 is 0 Å². The quantitative estimate of drug-likeness (QED) is 0.663. The Kier molecular flexibility index (Phi) is 5.57. The van der Waals surface area contributed by atoms with Gasteiger partial charge in [-0.3, -0.25) is 9.78 Å². The minimum absolute atomic E-state index is 0.0184. The molecule has 0 aliphatic heterocycles. The zero-order chi connectivity index (χ0) is 22.1. The molecule has 0 saturated heterocycles. The fourth-order valence-corrected chi connectivity index (χ4v) is 3.63. The second kappa shape index (κ2) is 7.82. The first-order valence-corrected chi connectivity index (χ1v) is 9.24. The number of halogens is 3. The van der Waals surface area contributed by atoms with Crippen molar-refractivity contribution >= 4 is 17.4 Å². The fourth-order valence-electron chi connectivity index (χ4n) is 3.63. The Labute approximate surface area is 171 Å². The molecule has 2 atom stereocenters. The predicted molar refractivity (Wildman–Crippen MR) is 104 cm³/mol. The molecule has 0 spiro atoms. The minimum atomic E-state index is -4.49. The highest BCUT2D eigenvalue weighted by Gasteiger charge is 2.51. The highest BCUT2D eigenvalue weighted by atomic mass is 19.4. The predicted octanol–water partition coefficient (Wildman–Crippen LogP) is 3.29. The summed E-state index contributed by atoms with van der Waals surface area (Å²) in [4.78, 5) is 19.4. The van der Waals surface area contributed by atoms with Crippen molar-refractivity contribution in [3.8, 4) is 6.07 Å². The summed E-state index contributed by atoms with van der Waals surface area (Å²) in [5.74, 6) is -0.337. The highest BCUT2D eigenvalue weighted by molar-refractivity contribution is 5.79. The van der Waals surface area contributed by atoms with Crippen molar-refractivity contribution in [1.82, 2.24) is 9.97 Å². The van der Waals surface area contributed by atoms with E-state index in [1.54, 1.807) is 6.07 Å². The molecule has 3 rings (SSSR count). The Morgan fingerprint density at radius 3 is 2.73 bits per heavy atom. The Balaban J connectivity index is 1.77. The largest absolute Gasteiger partial charge is 0.416 e. The molecule has 1 aliphatic rings. The van der Waals surface area contributed by atoms with Crippen molar-refractivity contribution < 1.29 is 18.0 Å². The van der Waals surface area contributed by atoms with E-state index in [2.05, 4.69) is 20.6 Å².